The van der Waals surface area contributed by atoms with E-state index in [1.807, 2.05) is 6.92 Å². The number of benzene rings is 1. The molecule has 0 N–H and O–H groups in total. The number of aromatic nitrogens is 3. The maximum atomic E-state index is 13.1. The molecule has 0 aliphatic carbocycles. The Kier molecular flexibility index (Phi) is 4.07. The second kappa shape index (κ2) is 5.77. The van der Waals surface area contributed by atoms with Gasteiger partial charge in [-0.25, -0.2) is 18.3 Å². The summed E-state index contributed by atoms with van der Waals surface area (Å²) in [5.41, 5.74) is 1.08. The van der Waals surface area contributed by atoms with Gasteiger partial charge in [-0.15, -0.1) is 5.10 Å². The lowest BCUT2D eigenvalue weighted by Crippen LogP contribution is -2.10. The molecule has 106 valence electrons. The smallest absolute Gasteiger partial charge is 0.360 e. The molecule has 1 aromatic heterocycles. The molecule has 20 heavy (non-hydrogen) atoms. The topological polar surface area (TPSA) is 57.0 Å². The van der Waals surface area contributed by atoms with Crippen molar-refractivity contribution in [2.75, 3.05) is 7.11 Å². The normalized spacial score (nSPS) is 10.6. The van der Waals surface area contributed by atoms with Crippen LogP contribution in [-0.4, -0.2) is 28.1 Å². The maximum absolute atomic E-state index is 13.1. The first kappa shape index (κ1) is 14.1. The van der Waals surface area contributed by atoms with Crippen LogP contribution in [0.3, 0.4) is 0 Å². The SMILES string of the molecule is CCc1c(C(=O)OC)nnn1Cc1cc(F)cc(F)c1. The average molecular weight is 281 g/mol. The van der Waals surface area contributed by atoms with Crippen LogP contribution in [0.4, 0.5) is 8.78 Å². The Bertz CT molecular complexity index is 620. The average Bonchev–Trinajstić information content (AvgIpc) is 2.79. The number of methoxy groups -OCH3 is 1. The number of halogens is 2. The Balaban J connectivity index is 2.34. The van der Waals surface area contributed by atoms with Crippen molar-refractivity contribution in [1.82, 2.24) is 15.0 Å². The molecule has 0 bridgehead atoms. The van der Waals surface area contributed by atoms with Crippen LogP contribution in [0.1, 0.15) is 28.7 Å². The lowest BCUT2D eigenvalue weighted by molar-refractivity contribution is 0.0592. The molecule has 0 aliphatic heterocycles. The van der Waals surface area contributed by atoms with E-state index in [0.717, 1.165) is 6.07 Å². The maximum Gasteiger partial charge on any atom is 0.360 e. The van der Waals surface area contributed by atoms with E-state index in [-0.39, 0.29) is 12.2 Å². The zero-order chi connectivity index (χ0) is 14.7. The molecule has 1 heterocycles. The molecule has 0 radical (unpaired) electrons. The highest BCUT2D eigenvalue weighted by atomic mass is 19.1. The van der Waals surface area contributed by atoms with Gasteiger partial charge in [0.15, 0.2) is 5.69 Å². The van der Waals surface area contributed by atoms with Gasteiger partial charge < -0.3 is 4.74 Å². The van der Waals surface area contributed by atoms with E-state index in [0.29, 0.717) is 17.7 Å². The van der Waals surface area contributed by atoms with E-state index >= 15 is 0 Å². The summed E-state index contributed by atoms with van der Waals surface area (Å²) in [5, 5.41) is 7.58. The van der Waals surface area contributed by atoms with Crippen molar-refractivity contribution in [3.8, 4) is 0 Å². The minimum atomic E-state index is -0.661. The van der Waals surface area contributed by atoms with E-state index in [9.17, 15) is 13.6 Å². The molecule has 0 aliphatic rings. The molecule has 2 aromatic rings. The predicted molar refractivity (Wildman–Crippen MR) is 66.2 cm³/mol. The number of carbonyl (C=O) groups excluding carboxylic acids is 1. The van der Waals surface area contributed by atoms with Crippen LogP contribution in [0.5, 0.6) is 0 Å². The second-order valence-electron chi connectivity index (χ2n) is 4.17. The Morgan fingerprint density at radius 1 is 1.30 bits per heavy atom. The summed E-state index contributed by atoms with van der Waals surface area (Å²) >= 11 is 0. The number of esters is 1. The largest absolute Gasteiger partial charge is 0.464 e. The van der Waals surface area contributed by atoms with Crippen LogP contribution in [0.2, 0.25) is 0 Å². The molecule has 1 aromatic carbocycles. The molecule has 2 rings (SSSR count). The van der Waals surface area contributed by atoms with Crippen molar-refractivity contribution >= 4 is 5.97 Å². The fourth-order valence-corrected chi connectivity index (χ4v) is 1.94. The van der Waals surface area contributed by atoms with Gasteiger partial charge in [0.05, 0.1) is 19.3 Å². The monoisotopic (exact) mass is 281 g/mol. The summed E-state index contributed by atoms with van der Waals surface area (Å²) in [6.07, 6.45) is 0.495. The third kappa shape index (κ3) is 2.81. The summed E-state index contributed by atoms with van der Waals surface area (Å²) in [5.74, 6) is -1.91. The highest BCUT2D eigenvalue weighted by molar-refractivity contribution is 5.88. The van der Waals surface area contributed by atoms with Gasteiger partial charge in [0, 0.05) is 6.07 Å². The Morgan fingerprint density at radius 2 is 1.95 bits per heavy atom. The third-order valence-electron chi connectivity index (χ3n) is 2.81. The Hall–Kier alpha value is -2.31. The van der Waals surface area contributed by atoms with Crippen molar-refractivity contribution in [2.24, 2.45) is 0 Å². The lowest BCUT2D eigenvalue weighted by atomic mass is 10.2. The standard InChI is InChI=1S/C13H13F2N3O2/c1-3-11-12(13(19)20-2)16-17-18(11)7-8-4-9(14)6-10(15)5-8/h4-6H,3,7H2,1-2H3. The molecule has 0 unspecified atom stereocenters. The second-order valence-corrected chi connectivity index (χ2v) is 4.17. The van der Waals surface area contributed by atoms with Crippen LogP contribution < -0.4 is 0 Å². The molecule has 0 atom stereocenters. The highest BCUT2D eigenvalue weighted by Gasteiger charge is 2.19. The Morgan fingerprint density at radius 3 is 2.50 bits per heavy atom. The summed E-state index contributed by atoms with van der Waals surface area (Å²) in [7, 11) is 1.25. The van der Waals surface area contributed by atoms with E-state index in [4.69, 9.17) is 0 Å². The molecule has 0 saturated heterocycles. The zero-order valence-corrected chi connectivity index (χ0v) is 11.1. The van der Waals surface area contributed by atoms with Crippen LogP contribution >= 0.6 is 0 Å². The lowest BCUT2D eigenvalue weighted by Gasteiger charge is -2.06. The minimum Gasteiger partial charge on any atom is -0.464 e. The van der Waals surface area contributed by atoms with Crippen LogP contribution in [0, 0.1) is 11.6 Å². The quantitative estimate of drug-likeness (QED) is 0.804. The number of ether oxygens (including phenoxy) is 1. The molecular formula is C13H13F2N3O2. The zero-order valence-electron chi connectivity index (χ0n) is 11.1. The van der Waals surface area contributed by atoms with E-state index in [1.54, 1.807) is 0 Å². The van der Waals surface area contributed by atoms with Gasteiger partial charge in [-0.1, -0.05) is 12.1 Å². The van der Waals surface area contributed by atoms with Gasteiger partial charge in [-0.05, 0) is 24.1 Å². The number of hydrogen-bond acceptors (Lipinski definition) is 4. The molecule has 0 saturated carbocycles. The van der Waals surface area contributed by atoms with E-state index < -0.39 is 17.6 Å². The van der Waals surface area contributed by atoms with E-state index in [2.05, 4.69) is 15.0 Å². The predicted octanol–water partition coefficient (Wildman–Crippen LogP) is 1.95. The molecule has 0 fully saturated rings. The number of nitrogens with zero attached hydrogens (tertiary/aromatic N) is 3. The van der Waals surface area contributed by atoms with Crippen molar-refractivity contribution in [3.63, 3.8) is 0 Å². The van der Waals surface area contributed by atoms with Gasteiger partial charge in [0.1, 0.15) is 11.6 Å². The molecule has 7 heteroatoms. The summed E-state index contributed by atoms with van der Waals surface area (Å²) in [6, 6.07) is 3.22. The first-order valence-electron chi connectivity index (χ1n) is 6.00. The van der Waals surface area contributed by atoms with E-state index in [1.165, 1.54) is 23.9 Å². The van der Waals surface area contributed by atoms with Gasteiger partial charge in [0.2, 0.25) is 0 Å². The van der Waals surface area contributed by atoms with Crippen molar-refractivity contribution in [3.05, 3.63) is 46.8 Å². The number of carbonyl (C=O) groups is 1. The van der Waals surface area contributed by atoms with Gasteiger partial charge in [-0.2, -0.15) is 0 Å². The molecule has 0 amide bonds. The van der Waals surface area contributed by atoms with Gasteiger partial charge in [0.25, 0.3) is 0 Å². The molecule has 5 nitrogen and oxygen atoms in total. The highest BCUT2D eigenvalue weighted by Crippen LogP contribution is 2.13. The first-order chi connectivity index (χ1) is 9.55. The summed E-state index contributed by atoms with van der Waals surface area (Å²) in [4.78, 5) is 11.5. The number of rotatable bonds is 4. The van der Waals surface area contributed by atoms with Crippen molar-refractivity contribution < 1.29 is 18.3 Å². The molecule has 0 spiro atoms. The van der Waals surface area contributed by atoms with Crippen LogP contribution in [-0.2, 0) is 17.7 Å². The fraction of sp³-hybridized carbons (Fsp3) is 0.308. The third-order valence-corrected chi connectivity index (χ3v) is 2.81. The summed E-state index contributed by atoms with van der Waals surface area (Å²) in [6.45, 7) is 1.95. The van der Waals surface area contributed by atoms with Crippen molar-refractivity contribution in [2.45, 2.75) is 19.9 Å². The molecular weight excluding hydrogens is 268 g/mol. The number of hydrogen-bond donors (Lipinski definition) is 0. The van der Waals surface area contributed by atoms with Crippen LogP contribution in [0.25, 0.3) is 0 Å². The fourth-order valence-electron chi connectivity index (χ4n) is 1.94. The van der Waals surface area contributed by atoms with Gasteiger partial charge >= 0.3 is 5.97 Å². The summed E-state index contributed by atoms with van der Waals surface area (Å²) < 4.78 is 32.3. The Labute approximate surface area is 114 Å². The van der Waals surface area contributed by atoms with Gasteiger partial charge in [-0.3, -0.25) is 0 Å². The van der Waals surface area contributed by atoms with Crippen LogP contribution in [0.15, 0.2) is 18.2 Å². The van der Waals surface area contributed by atoms with Crippen molar-refractivity contribution in [1.29, 1.82) is 0 Å². The first-order valence-corrected chi connectivity index (χ1v) is 6.00. The minimum absolute atomic E-state index is 0.117.